The number of fused-ring (bicyclic) bond motifs is 4. The van der Waals surface area contributed by atoms with Gasteiger partial charge in [-0.05, 0) is 37.1 Å². The highest BCUT2D eigenvalue weighted by Crippen LogP contribution is 2.38. The van der Waals surface area contributed by atoms with Crippen LogP contribution in [0.1, 0.15) is 42.2 Å². The van der Waals surface area contributed by atoms with E-state index in [1.54, 1.807) is 21.6 Å². The van der Waals surface area contributed by atoms with Crippen molar-refractivity contribution in [2.45, 2.75) is 39.5 Å². The molecule has 0 spiro atoms. The number of hydrogen-bond acceptors (Lipinski definition) is 10. The van der Waals surface area contributed by atoms with Crippen LogP contribution >= 0.6 is 0 Å². The third-order valence-corrected chi connectivity index (χ3v) is 7.25. The average Bonchev–Trinajstić information content (AvgIpc) is 3.35. The van der Waals surface area contributed by atoms with Crippen LogP contribution < -0.4 is 10.3 Å². The van der Waals surface area contributed by atoms with Crippen LogP contribution in [0.2, 0.25) is 0 Å². The van der Waals surface area contributed by atoms with Gasteiger partial charge in [-0.25, -0.2) is 4.98 Å². The van der Waals surface area contributed by atoms with Gasteiger partial charge in [-0.3, -0.25) is 14.4 Å². The van der Waals surface area contributed by atoms with Gasteiger partial charge in [0.25, 0.3) is 11.5 Å². The zero-order valence-electron chi connectivity index (χ0n) is 24.4. The Bertz CT molecular complexity index is 1550. The Balaban J connectivity index is 1.86. The van der Waals surface area contributed by atoms with Gasteiger partial charge in [-0.15, -0.1) is 0 Å². The fourth-order valence-corrected chi connectivity index (χ4v) is 5.22. The predicted octanol–water partition coefficient (Wildman–Crippen LogP) is 2.39. The second-order valence-electron chi connectivity index (χ2n) is 9.73. The molecule has 1 unspecified atom stereocenters. The van der Waals surface area contributed by atoms with Crippen molar-refractivity contribution in [1.82, 2.24) is 14.5 Å². The van der Waals surface area contributed by atoms with Crippen LogP contribution in [0.5, 0.6) is 5.75 Å². The van der Waals surface area contributed by atoms with Crippen molar-refractivity contribution in [3.05, 3.63) is 56.9 Å². The lowest BCUT2D eigenvalue weighted by atomic mass is 9.97. The molecule has 12 heteroatoms. The van der Waals surface area contributed by atoms with Crippen molar-refractivity contribution in [3.63, 3.8) is 0 Å². The molecule has 1 aliphatic rings. The first-order valence-electron chi connectivity index (χ1n) is 13.5. The minimum Gasteiger partial charge on any atom is -0.467 e. The number of likely N-dealkylation sites (N-methyl/N-ethyl adjacent to an activating group) is 1. The number of esters is 1. The molecule has 0 saturated carbocycles. The molecule has 0 aliphatic carbocycles. The summed E-state index contributed by atoms with van der Waals surface area (Å²) in [7, 11) is 4.42. The first-order chi connectivity index (χ1) is 20.3. The van der Waals surface area contributed by atoms with E-state index in [1.807, 2.05) is 19.1 Å². The molecule has 1 atom stereocenters. The van der Waals surface area contributed by atoms with Gasteiger partial charge < -0.3 is 37.9 Å². The number of aromatic nitrogens is 2. The highest BCUT2D eigenvalue weighted by molar-refractivity contribution is 5.89. The molecule has 1 amide bonds. The van der Waals surface area contributed by atoms with Crippen LogP contribution in [0.25, 0.3) is 22.3 Å². The zero-order valence-corrected chi connectivity index (χ0v) is 24.4. The summed E-state index contributed by atoms with van der Waals surface area (Å²) in [6.07, 6.45) is 0.147. The van der Waals surface area contributed by atoms with E-state index in [0.29, 0.717) is 59.6 Å². The average molecular weight is 582 g/mol. The van der Waals surface area contributed by atoms with Gasteiger partial charge in [0.05, 0.1) is 30.1 Å². The number of benzene rings is 1. The molecule has 42 heavy (non-hydrogen) atoms. The van der Waals surface area contributed by atoms with Crippen LogP contribution in [0.15, 0.2) is 29.1 Å². The second-order valence-corrected chi connectivity index (χ2v) is 9.73. The third kappa shape index (κ3) is 6.20. The van der Waals surface area contributed by atoms with Crippen LogP contribution in [0.4, 0.5) is 0 Å². The van der Waals surface area contributed by atoms with Crippen molar-refractivity contribution in [3.8, 4) is 17.1 Å². The number of pyridine rings is 2. The molecule has 3 heterocycles. The smallest absolute Gasteiger partial charge is 0.303 e. The summed E-state index contributed by atoms with van der Waals surface area (Å²) in [6.45, 7) is 3.89. The van der Waals surface area contributed by atoms with Gasteiger partial charge >= 0.3 is 5.97 Å². The van der Waals surface area contributed by atoms with Crippen LogP contribution in [-0.4, -0.2) is 80.4 Å². The molecule has 0 saturated heterocycles. The Morgan fingerprint density at radius 2 is 1.93 bits per heavy atom. The number of hydrogen-bond donors (Lipinski definition) is 0. The van der Waals surface area contributed by atoms with E-state index in [0.717, 1.165) is 16.5 Å². The number of carbonyl (C=O) groups excluding carboxylic acids is 3. The van der Waals surface area contributed by atoms with Gasteiger partial charge in [0.1, 0.15) is 11.9 Å². The maximum absolute atomic E-state index is 13.7. The van der Waals surface area contributed by atoms with Gasteiger partial charge in [0, 0.05) is 69.5 Å². The summed E-state index contributed by atoms with van der Waals surface area (Å²) in [5, 5.41) is 0.850. The van der Waals surface area contributed by atoms with E-state index < -0.39 is 12.1 Å². The van der Waals surface area contributed by atoms with E-state index in [2.05, 4.69) is 0 Å². The minimum absolute atomic E-state index is 0.0108. The van der Waals surface area contributed by atoms with Crippen molar-refractivity contribution in [2.24, 2.45) is 0 Å². The summed E-state index contributed by atoms with van der Waals surface area (Å²) >= 11 is 0. The molecule has 1 aliphatic heterocycles. The lowest BCUT2D eigenvalue weighted by Crippen LogP contribution is -2.36. The fraction of sp³-hybridized carbons (Fsp3) is 0.433. The van der Waals surface area contributed by atoms with Crippen LogP contribution in [0.3, 0.4) is 0 Å². The molecule has 0 radical (unpaired) electrons. The molecule has 1 aromatic carbocycles. The minimum atomic E-state index is -0.951. The first kappa shape index (κ1) is 30.8. The second kappa shape index (κ2) is 13.7. The normalized spacial score (nSPS) is 12.5. The summed E-state index contributed by atoms with van der Waals surface area (Å²) < 4.78 is 27.9. The highest BCUT2D eigenvalue weighted by Gasteiger charge is 2.30. The predicted molar refractivity (Wildman–Crippen MR) is 152 cm³/mol. The summed E-state index contributed by atoms with van der Waals surface area (Å²) in [5.74, 6) is -0.267. The standard InChI is InChI=1S/C30H35N3O9/c1-6-32(28(36)16-41-18(2)35)10-9-20-21-8-7-19(42-17-39-4)11-25(21)31-29-23(20)13-33-26(29)12-22(27(14-34)40-5)24(15-38-3)30(33)37/h7-8,11-12,14,27H,6,9-10,13,15-17H2,1-5H3. The number of ether oxygens (including phenoxy) is 5. The van der Waals surface area contributed by atoms with Crippen molar-refractivity contribution in [2.75, 3.05) is 47.8 Å². The molecule has 3 aromatic rings. The van der Waals surface area contributed by atoms with E-state index in [9.17, 15) is 19.2 Å². The lowest BCUT2D eigenvalue weighted by Gasteiger charge is -2.22. The molecule has 0 bridgehead atoms. The topological polar surface area (TPSA) is 135 Å². The maximum Gasteiger partial charge on any atom is 0.303 e. The SMILES string of the molecule is CCN(CCc1c2c(nc3cc(OCOC)ccc13)-c1cc(C(C=O)OC)c(COC)c(=O)n1C2)C(=O)COC(C)=O. The number of methoxy groups -OCH3 is 3. The Morgan fingerprint density at radius 1 is 1.14 bits per heavy atom. The molecular weight excluding hydrogens is 546 g/mol. The zero-order chi connectivity index (χ0) is 30.4. The Kier molecular flexibility index (Phi) is 10.0. The molecule has 0 fully saturated rings. The van der Waals surface area contributed by atoms with Crippen molar-refractivity contribution >= 4 is 29.1 Å². The highest BCUT2D eigenvalue weighted by atomic mass is 16.7. The van der Waals surface area contributed by atoms with E-state index in [4.69, 9.17) is 28.7 Å². The number of aldehydes is 1. The van der Waals surface area contributed by atoms with Gasteiger partial charge in [0.15, 0.2) is 19.7 Å². The molecular formula is C30H35N3O9. The Labute approximate surface area is 243 Å². The summed E-state index contributed by atoms with van der Waals surface area (Å²) in [6, 6.07) is 7.28. The van der Waals surface area contributed by atoms with E-state index in [-0.39, 0.29) is 38.0 Å². The number of amides is 1. The van der Waals surface area contributed by atoms with Gasteiger partial charge in [-0.1, -0.05) is 0 Å². The van der Waals surface area contributed by atoms with Crippen molar-refractivity contribution in [1.29, 1.82) is 0 Å². The van der Waals surface area contributed by atoms with Crippen LogP contribution in [-0.2, 0) is 52.9 Å². The maximum atomic E-state index is 13.7. The van der Waals surface area contributed by atoms with Crippen molar-refractivity contribution < 1.29 is 38.1 Å². The Hall–Kier alpha value is -4.13. The Morgan fingerprint density at radius 3 is 2.57 bits per heavy atom. The summed E-state index contributed by atoms with van der Waals surface area (Å²) in [5.41, 5.74) is 4.01. The first-order valence-corrected chi connectivity index (χ1v) is 13.5. The molecule has 0 N–H and O–H groups in total. The molecule has 2 aromatic heterocycles. The number of nitrogens with zero attached hydrogens (tertiary/aromatic N) is 3. The van der Waals surface area contributed by atoms with Gasteiger partial charge in [0.2, 0.25) is 0 Å². The van der Waals surface area contributed by atoms with Crippen LogP contribution in [0, 0.1) is 0 Å². The molecule has 4 rings (SSSR count). The van der Waals surface area contributed by atoms with E-state index >= 15 is 0 Å². The van der Waals surface area contributed by atoms with E-state index in [1.165, 1.54) is 28.3 Å². The lowest BCUT2D eigenvalue weighted by molar-refractivity contribution is -0.150. The number of rotatable bonds is 14. The van der Waals surface area contributed by atoms with Gasteiger partial charge in [-0.2, -0.15) is 0 Å². The quantitative estimate of drug-likeness (QED) is 0.124. The monoisotopic (exact) mass is 581 g/mol. The summed E-state index contributed by atoms with van der Waals surface area (Å²) in [4.78, 5) is 56.1. The third-order valence-electron chi connectivity index (χ3n) is 7.25. The largest absolute Gasteiger partial charge is 0.467 e. The fourth-order valence-electron chi connectivity index (χ4n) is 5.22. The molecule has 12 nitrogen and oxygen atoms in total. The number of carbonyl (C=O) groups is 3. The molecule has 224 valence electrons.